The lowest BCUT2D eigenvalue weighted by atomic mass is 9.49. The molecule has 154 valence electrons. The highest BCUT2D eigenvalue weighted by atomic mass is 16.3. The van der Waals surface area contributed by atoms with Gasteiger partial charge in [-0.3, -0.25) is 0 Å². The molecule has 3 saturated carbocycles. The summed E-state index contributed by atoms with van der Waals surface area (Å²) in [4.78, 5) is 0. The van der Waals surface area contributed by atoms with Crippen molar-refractivity contribution in [3.8, 4) is 0 Å². The van der Waals surface area contributed by atoms with Gasteiger partial charge in [-0.25, -0.2) is 0 Å². The van der Waals surface area contributed by atoms with E-state index in [1.54, 1.807) is 5.57 Å². The van der Waals surface area contributed by atoms with Crippen LogP contribution in [0.1, 0.15) is 79.6 Å². The van der Waals surface area contributed by atoms with Crippen LogP contribution in [0.4, 0.5) is 0 Å². The van der Waals surface area contributed by atoms with Crippen LogP contribution in [0.3, 0.4) is 0 Å². The second-order valence-corrected chi connectivity index (χ2v) is 10.9. The summed E-state index contributed by atoms with van der Waals surface area (Å²) in [6.45, 7) is 11.7. The summed E-state index contributed by atoms with van der Waals surface area (Å²) in [5, 5.41) is 11.0. The van der Waals surface area contributed by atoms with Crippen LogP contribution in [0.25, 0.3) is 0 Å². The molecule has 0 saturated heterocycles. The zero-order chi connectivity index (χ0) is 20.1. The molecule has 0 bridgehead atoms. The molecule has 3 fully saturated rings. The van der Waals surface area contributed by atoms with Crippen LogP contribution in [0, 0.1) is 34.5 Å². The van der Waals surface area contributed by atoms with Crippen LogP contribution in [0.5, 0.6) is 0 Å². The minimum atomic E-state index is -0.159. The Morgan fingerprint density at radius 3 is 2.64 bits per heavy atom. The number of hydrogen-bond acceptors (Lipinski definition) is 1. The molecule has 1 heteroatoms. The van der Waals surface area contributed by atoms with Gasteiger partial charge in [-0.05, 0) is 87.9 Å². The van der Waals surface area contributed by atoms with Crippen LogP contribution < -0.4 is 0 Å². The maximum atomic E-state index is 11.0. The van der Waals surface area contributed by atoms with E-state index in [1.807, 2.05) is 0 Å². The summed E-state index contributed by atoms with van der Waals surface area (Å²) in [6.07, 6.45) is 20.3. The van der Waals surface area contributed by atoms with Crippen molar-refractivity contribution in [3.05, 3.63) is 47.1 Å². The van der Waals surface area contributed by atoms with Crippen molar-refractivity contribution in [1.82, 2.24) is 0 Å². The summed E-state index contributed by atoms with van der Waals surface area (Å²) in [7, 11) is 0. The number of aliphatic hydroxyl groups excluding tert-OH is 1. The van der Waals surface area contributed by atoms with E-state index < -0.39 is 0 Å². The van der Waals surface area contributed by atoms with E-state index in [-0.39, 0.29) is 11.5 Å². The number of fused-ring (bicyclic) bond motifs is 5. The van der Waals surface area contributed by atoms with Gasteiger partial charge >= 0.3 is 0 Å². The minimum absolute atomic E-state index is 0.00326. The van der Waals surface area contributed by atoms with Crippen molar-refractivity contribution < 1.29 is 5.11 Å². The molecule has 1 nitrogen and oxygen atoms in total. The smallest absolute Gasteiger partial charge is 0.0636 e. The van der Waals surface area contributed by atoms with Crippen molar-refractivity contribution in [1.29, 1.82) is 0 Å². The van der Waals surface area contributed by atoms with E-state index in [9.17, 15) is 5.11 Å². The number of aliphatic hydroxyl groups is 1. The standard InChI is InChI=1S/C27H40O/c1-18(2)8-6-9-19(3)22-14-15-23-21-13-12-20-10-7-11-25(28)27(20,5)24(21)16-17-26(22,23)4/h6,8-9,12-13,19,22-25,28H,7,10-11,14-17H2,1-5H3/b9-6+/t19-,22-,23+,24+,25?,26-,27+/m1/s1. The Labute approximate surface area is 172 Å². The maximum Gasteiger partial charge on any atom is 0.0636 e. The zero-order valence-electron chi connectivity index (χ0n) is 18.7. The van der Waals surface area contributed by atoms with E-state index >= 15 is 0 Å². The van der Waals surface area contributed by atoms with Crippen LogP contribution >= 0.6 is 0 Å². The van der Waals surface area contributed by atoms with E-state index in [0.29, 0.717) is 23.2 Å². The topological polar surface area (TPSA) is 20.2 Å². The van der Waals surface area contributed by atoms with Crippen molar-refractivity contribution >= 4 is 0 Å². The average Bonchev–Trinajstić information content (AvgIpc) is 3.00. The third-order valence-corrected chi connectivity index (χ3v) is 9.17. The summed E-state index contributed by atoms with van der Waals surface area (Å²) >= 11 is 0. The van der Waals surface area contributed by atoms with Crippen LogP contribution in [-0.2, 0) is 0 Å². The van der Waals surface area contributed by atoms with Crippen molar-refractivity contribution in [3.63, 3.8) is 0 Å². The lowest BCUT2D eigenvalue weighted by Crippen LogP contribution is -2.50. The van der Waals surface area contributed by atoms with Crippen LogP contribution in [0.2, 0.25) is 0 Å². The second kappa shape index (κ2) is 7.31. The summed E-state index contributed by atoms with van der Waals surface area (Å²) < 4.78 is 0. The molecule has 0 amide bonds. The molecule has 0 radical (unpaired) electrons. The molecule has 1 unspecified atom stereocenters. The molecule has 0 aromatic rings. The molecule has 4 aliphatic carbocycles. The van der Waals surface area contributed by atoms with Gasteiger partial charge in [0.2, 0.25) is 0 Å². The van der Waals surface area contributed by atoms with Crippen LogP contribution in [0.15, 0.2) is 47.1 Å². The molecule has 0 aromatic heterocycles. The van der Waals surface area contributed by atoms with E-state index in [1.165, 1.54) is 43.3 Å². The fraction of sp³-hybridized carbons (Fsp3) is 0.704. The normalized spacial score (nSPS) is 43.5. The molecule has 0 heterocycles. The fourth-order valence-electron chi connectivity index (χ4n) is 7.52. The van der Waals surface area contributed by atoms with Crippen molar-refractivity contribution in [2.24, 2.45) is 34.5 Å². The fourth-order valence-corrected chi connectivity index (χ4v) is 7.52. The molecular weight excluding hydrogens is 340 g/mol. The summed E-state index contributed by atoms with van der Waals surface area (Å²) in [5.41, 5.74) is 4.99. The maximum absolute atomic E-state index is 11.0. The Kier molecular flexibility index (Phi) is 5.28. The Hall–Kier alpha value is -1.08. The third-order valence-electron chi connectivity index (χ3n) is 9.17. The first kappa shape index (κ1) is 20.2. The van der Waals surface area contributed by atoms with Crippen molar-refractivity contribution in [2.75, 3.05) is 0 Å². The van der Waals surface area contributed by atoms with E-state index in [4.69, 9.17) is 0 Å². The molecular formula is C27H40O. The molecule has 0 aromatic carbocycles. The first-order valence-electron chi connectivity index (χ1n) is 11.7. The minimum Gasteiger partial charge on any atom is -0.392 e. The van der Waals surface area contributed by atoms with Crippen molar-refractivity contribution in [2.45, 2.75) is 85.7 Å². The van der Waals surface area contributed by atoms with Gasteiger partial charge in [0.1, 0.15) is 0 Å². The largest absolute Gasteiger partial charge is 0.392 e. The Morgan fingerprint density at radius 1 is 1.11 bits per heavy atom. The van der Waals surface area contributed by atoms with Gasteiger partial charge in [0.25, 0.3) is 0 Å². The van der Waals surface area contributed by atoms with Gasteiger partial charge < -0.3 is 5.11 Å². The monoisotopic (exact) mass is 380 g/mol. The quantitative estimate of drug-likeness (QED) is 0.522. The lowest BCUT2D eigenvalue weighted by molar-refractivity contribution is -0.0229. The Bertz CT molecular complexity index is 733. The van der Waals surface area contributed by atoms with Crippen LogP contribution in [-0.4, -0.2) is 11.2 Å². The average molecular weight is 381 g/mol. The summed E-state index contributed by atoms with van der Waals surface area (Å²) in [5.74, 6) is 2.68. The number of hydrogen-bond donors (Lipinski definition) is 1. The van der Waals surface area contributed by atoms with Gasteiger partial charge in [-0.1, -0.05) is 67.9 Å². The molecule has 0 spiro atoms. The van der Waals surface area contributed by atoms with Gasteiger partial charge in [0, 0.05) is 5.41 Å². The highest BCUT2D eigenvalue weighted by Crippen LogP contribution is 2.65. The van der Waals surface area contributed by atoms with Gasteiger partial charge in [-0.2, -0.15) is 0 Å². The molecule has 0 aliphatic heterocycles. The van der Waals surface area contributed by atoms with Gasteiger partial charge in [-0.15, -0.1) is 0 Å². The zero-order valence-corrected chi connectivity index (χ0v) is 18.7. The summed E-state index contributed by atoms with van der Waals surface area (Å²) in [6, 6.07) is 0. The highest BCUT2D eigenvalue weighted by molar-refractivity contribution is 5.39. The Balaban J connectivity index is 1.61. The predicted molar refractivity (Wildman–Crippen MR) is 119 cm³/mol. The molecule has 4 rings (SSSR count). The second-order valence-electron chi connectivity index (χ2n) is 10.9. The lowest BCUT2D eigenvalue weighted by Gasteiger charge is -2.56. The first-order valence-corrected chi connectivity index (χ1v) is 11.7. The number of allylic oxidation sites excluding steroid dienone is 7. The third kappa shape index (κ3) is 3.00. The predicted octanol–water partition coefficient (Wildman–Crippen LogP) is 7.00. The molecule has 4 aliphatic rings. The number of rotatable bonds is 3. The Morgan fingerprint density at radius 2 is 1.89 bits per heavy atom. The van der Waals surface area contributed by atoms with E-state index in [2.05, 4.69) is 65.0 Å². The highest BCUT2D eigenvalue weighted by Gasteiger charge is 2.58. The van der Waals surface area contributed by atoms with Gasteiger partial charge in [0.15, 0.2) is 0 Å². The molecule has 28 heavy (non-hydrogen) atoms. The van der Waals surface area contributed by atoms with E-state index in [0.717, 1.165) is 18.8 Å². The van der Waals surface area contributed by atoms with Gasteiger partial charge in [0.05, 0.1) is 6.10 Å². The molecule has 1 N–H and O–H groups in total. The first-order chi connectivity index (χ1) is 13.3. The SMILES string of the molecule is CC(C)=C/C=C/[C@@H](C)[C@H]1CC[C@H]2C3=CC=C4CCCC(O)[C@]4(C)[C@H]3CC[C@]12C. The molecule has 7 atom stereocenters.